The van der Waals surface area contributed by atoms with Gasteiger partial charge < -0.3 is 24.4 Å². The predicted molar refractivity (Wildman–Crippen MR) is 126 cm³/mol. The topological polar surface area (TPSA) is 106 Å². The van der Waals surface area contributed by atoms with Crippen molar-refractivity contribution in [1.82, 2.24) is 9.62 Å². The van der Waals surface area contributed by atoms with Crippen LogP contribution in [0.2, 0.25) is 0 Å². The van der Waals surface area contributed by atoms with E-state index in [9.17, 15) is 13.2 Å². The molecular weight excluding hydrogens is 446 g/mol. The Bertz CT molecular complexity index is 1010. The summed E-state index contributed by atoms with van der Waals surface area (Å²) in [5.41, 5.74) is 0.559. The molecule has 1 fully saturated rings. The molecule has 2 aromatic rings. The molecule has 0 unspecified atom stereocenters. The molecule has 180 valence electrons. The van der Waals surface area contributed by atoms with Gasteiger partial charge in [-0.2, -0.15) is 0 Å². The normalized spacial score (nSPS) is 15.1. The minimum Gasteiger partial charge on any atom is -0.493 e. The molecule has 3 rings (SSSR count). The van der Waals surface area contributed by atoms with Gasteiger partial charge in [-0.05, 0) is 38.1 Å². The summed E-state index contributed by atoms with van der Waals surface area (Å²) in [4.78, 5) is 14.9. The first-order valence-electron chi connectivity index (χ1n) is 10.8. The van der Waals surface area contributed by atoms with Crippen molar-refractivity contribution in [3.8, 4) is 17.2 Å². The second-order valence-electron chi connectivity index (χ2n) is 7.76. The number of sulfonamides is 1. The molecular formula is C23H31N3O6S. The van der Waals surface area contributed by atoms with Gasteiger partial charge in [0.2, 0.25) is 21.7 Å². The van der Waals surface area contributed by atoms with Crippen LogP contribution in [0.25, 0.3) is 0 Å². The van der Waals surface area contributed by atoms with Crippen molar-refractivity contribution >= 4 is 21.6 Å². The third kappa shape index (κ3) is 6.59. The molecule has 1 heterocycles. The van der Waals surface area contributed by atoms with Gasteiger partial charge in [0.05, 0.1) is 26.2 Å². The molecule has 2 aromatic carbocycles. The van der Waals surface area contributed by atoms with Crippen molar-refractivity contribution in [2.45, 2.75) is 30.2 Å². The summed E-state index contributed by atoms with van der Waals surface area (Å²) in [5, 5.41) is 2.87. The van der Waals surface area contributed by atoms with Gasteiger partial charge in [0.15, 0.2) is 11.5 Å². The molecule has 9 nitrogen and oxygen atoms in total. The quantitative estimate of drug-likeness (QED) is 0.542. The zero-order chi connectivity index (χ0) is 23.8. The van der Waals surface area contributed by atoms with Crippen LogP contribution in [0.4, 0.5) is 5.69 Å². The van der Waals surface area contributed by atoms with Crippen molar-refractivity contribution in [1.29, 1.82) is 0 Å². The van der Waals surface area contributed by atoms with E-state index in [2.05, 4.69) is 14.9 Å². The van der Waals surface area contributed by atoms with Crippen LogP contribution in [-0.2, 0) is 14.8 Å². The number of ether oxygens (including phenoxy) is 3. The van der Waals surface area contributed by atoms with Crippen molar-refractivity contribution in [2.24, 2.45) is 0 Å². The highest BCUT2D eigenvalue weighted by atomic mass is 32.2. The second-order valence-corrected chi connectivity index (χ2v) is 9.48. The van der Waals surface area contributed by atoms with Gasteiger partial charge in [0.25, 0.3) is 0 Å². The number of amides is 1. The Labute approximate surface area is 195 Å². The molecule has 0 aliphatic carbocycles. The van der Waals surface area contributed by atoms with Crippen molar-refractivity contribution < 1.29 is 27.4 Å². The van der Waals surface area contributed by atoms with Crippen LogP contribution in [-0.4, -0.2) is 66.2 Å². The SMILES string of the molecule is COc1cc(NC(=O)CCN2CCC(NS(=O)(=O)c3ccccc3)CC2)cc(OC)c1OC. The van der Waals surface area contributed by atoms with Crippen LogP contribution in [0.5, 0.6) is 17.2 Å². The molecule has 0 atom stereocenters. The molecule has 0 radical (unpaired) electrons. The Morgan fingerprint density at radius 1 is 1.00 bits per heavy atom. The third-order valence-electron chi connectivity index (χ3n) is 5.57. The third-order valence-corrected chi connectivity index (χ3v) is 7.10. The number of anilines is 1. The summed E-state index contributed by atoms with van der Waals surface area (Å²) >= 11 is 0. The molecule has 0 bridgehead atoms. The van der Waals surface area contributed by atoms with Gasteiger partial charge in [-0.3, -0.25) is 4.79 Å². The number of hydrogen-bond acceptors (Lipinski definition) is 7. The molecule has 0 spiro atoms. The van der Waals surface area contributed by atoms with E-state index in [4.69, 9.17) is 14.2 Å². The monoisotopic (exact) mass is 477 g/mol. The highest BCUT2D eigenvalue weighted by Gasteiger charge is 2.24. The van der Waals surface area contributed by atoms with Crippen LogP contribution >= 0.6 is 0 Å². The van der Waals surface area contributed by atoms with Crippen LogP contribution in [0, 0.1) is 0 Å². The number of nitrogens with zero attached hydrogens (tertiary/aromatic N) is 1. The standard InChI is InChI=1S/C23H31N3O6S/c1-30-20-15-18(16-21(31-2)23(20)32-3)24-22(27)11-14-26-12-9-17(10-13-26)25-33(28,29)19-7-5-4-6-8-19/h4-8,15-17,25H,9-14H2,1-3H3,(H,24,27). The molecule has 1 amide bonds. The molecule has 1 aliphatic heterocycles. The zero-order valence-electron chi connectivity index (χ0n) is 19.2. The van der Waals surface area contributed by atoms with Gasteiger partial charge in [-0.15, -0.1) is 0 Å². The first kappa shape index (κ1) is 24.8. The number of carbonyl (C=O) groups is 1. The fraction of sp³-hybridized carbons (Fsp3) is 0.435. The Kier molecular flexibility index (Phi) is 8.54. The lowest BCUT2D eigenvalue weighted by Gasteiger charge is -2.32. The highest BCUT2D eigenvalue weighted by Crippen LogP contribution is 2.39. The van der Waals surface area contributed by atoms with Crippen molar-refractivity contribution in [3.63, 3.8) is 0 Å². The molecule has 0 aromatic heterocycles. The molecule has 33 heavy (non-hydrogen) atoms. The number of nitrogens with one attached hydrogen (secondary N) is 2. The van der Waals surface area contributed by atoms with Crippen LogP contribution < -0.4 is 24.2 Å². The lowest BCUT2D eigenvalue weighted by molar-refractivity contribution is -0.116. The number of piperidine rings is 1. The van der Waals surface area contributed by atoms with Gasteiger partial charge in [0, 0.05) is 36.8 Å². The maximum absolute atomic E-state index is 12.5. The number of likely N-dealkylation sites (tertiary alicyclic amines) is 1. The minimum atomic E-state index is -3.52. The predicted octanol–water partition coefficient (Wildman–Crippen LogP) is 2.48. The Hall–Kier alpha value is -2.82. The average molecular weight is 478 g/mol. The summed E-state index contributed by atoms with van der Waals surface area (Å²) in [6.07, 6.45) is 1.71. The molecule has 1 aliphatic rings. The van der Waals surface area contributed by atoms with Crippen LogP contribution in [0.1, 0.15) is 19.3 Å². The average Bonchev–Trinajstić information content (AvgIpc) is 2.83. The van der Waals surface area contributed by atoms with E-state index in [0.717, 1.165) is 13.1 Å². The maximum Gasteiger partial charge on any atom is 0.240 e. The van der Waals surface area contributed by atoms with E-state index in [1.165, 1.54) is 21.3 Å². The van der Waals surface area contributed by atoms with Crippen molar-refractivity contribution in [2.75, 3.05) is 46.3 Å². The summed E-state index contributed by atoms with van der Waals surface area (Å²) < 4.78 is 43.7. The minimum absolute atomic E-state index is 0.112. The number of methoxy groups -OCH3 is 3. The Balaban J connectivity index is 1.47. The lowest BCUT2D eigenvalue weighted by Crippen LogP contribution is -2.45. The van der Waals surface area contributed by atoms with Crippen molar-refractivity contribution in [3.05, 3.63) is 42.5 Å². The summed E-state index contributed by atoms with van der Waals surface area (Å²) in [7, 11) is 1.05. The smallest absolute Gasteiger partial charge is 0.240 e. The van der Waals surface area contributed by atoms with E-state index in [1.54, 1.807) is 42.5 Å². The fourth-order valence-electron chi connectivity index (χ4n) is 3.80. The molecule has 1 saturated heterocycles. The van der Waals surface area contributed by atoms with E-state index < -0.39 is 10.0 Å². The molecule has 2 N–H and O–H groups in total. The maximum atomic E-state index is 12.5. The van der Waals surface area contributed by atoms with E-state index in [1.807, 2.05) is 0 Å². The van der Waals surface area contributed by atoms with Gasteiger partial charge in [-0.25, -0.2) is 13.1 Å². The highest BCUT2D eigenvalue weighted by molar-refractivity contribution is 7.89. The van der Waals surface area contributed by atoms with Crippen LogP contribution in [0.3, 0.4) is 0 Å². The Morgan fingerprint density at radius 3 is 2.15 bits per heavy atom. The number of rotatable bonds is 10. The first-order chi connectivity index (χ1) is 15.9. The van der Waals surface area contributed by atoms with Gasteiger partial charge in [-0.1, -0.05) is 18.2 Å². The lowest BCUT2D eigenvalue weighted by atomic mass is 10.1. The van der Waals surface area contributed by atoms with E-state index >= 15 is 0 Å². The zero-order valence-corrected chi connectivity index (χ0v) is 20.0. The number of benzene rings is 2. The number of carbonyl (C=O) groups excluding carboxylic acids is 1. The second kappa shape index (κ2) is 11.4. The fourth-order valence-corrected chi connectivity index (χ4v) is 5.12. The molecule has 10 heteroatoms. The summed E-state index contributed by atoms with van der Waals surface area (Å²) in [6, 6.07) is 11.6. The van der Waals surface area contributed by atoms with E-state index in [0.29, 0.717) is 48.7 Å². The van der Waals surface area contributed by atoms with Gasteiger partial charge >= 0.3 is 0 Å². The Morgan fingerprint density at radius 2 is 1.61 bits per heavy atom. The summed E-state index contributed by atoms with van der Waals surface area (Å²) in [6.45, 7) is 2.04. The van der Waals surface area contributed by atoms with E-state index in [-0.39, 0.29) is 16.8 Å². The van der Waals surface area contributed by atoms with Gasteiger partial charge in [0.1, 0.15) is 0 Å². The molecule has 0 saturated carbocycles. The first-order valence-corrected chi connectivity index (χ1v) is 12.2. The summed E-state index contributed by atoms with van der Waals surface area (Å²) in [5.74, 6) is 1.26. The number of hydrogen-bond donors (Lipinski definition) is 2. The van der Waals surface area contributed by atoms with Crippen LogP contribution in [0.15, 0.2) is 47.4 Å². The largest absolute Gasteiger partial charge is 0.493 e.